The zero-order valence-corrected chi connectivity index (χ0v) is 19.2. The number of nitrogens with zero attached hydrogens (tertiary/aromatic N) is 2. The molecule has 1 atom stereocenters. The maximum Gasteiger partial charge on any atom is 0.320 e. The van der Waals surface area contributed by atoms with Gasteiger partial charge in [0.25, 0.3) is 5.91 Å². The second kappa shape index (κ2) is 11.1. The van der Waals surface area contributed by atoms with Crippen LogP contribution in [-0.4, -0.2) is 54.5 Å². The quantitative estimate of drug-likeness (QED) is 0.736. The van der Waals surface area contributed by atoms with Crippen molar-refractivity contribution in [1.82, 2.24) is 15.1 Å². The highest BCUT2D eigenvalue weighted by Gasteiger charge is 2.30. The number of nitrogens with one attached hydrogen (secondary N) is 1. The first-order valence-electron chi connectivity index (χ1n) is 10.7. The molecule has 0 aliphatic carbocycles. The molecule has 5 nitrogen and oxygen atoms in total. The van der Waals surface area contributed by atoms with Crippen molar-refractivity contribution in [1.29, 1.82) is 0 Å². The Morgan fingerprint density at radius 3 is 2.39 bits per heavy atom. The number of benzene rings is 2. The highest BCUT2D eigenvalue weighted by Crippen LogP contribution is 2.33. The number of carbonyl (C=O) groups is 2. The summed E-state index contributed by atoms with van der Waals surface area (Å²) in [6.07, 6.45) is 0.489. The van der Waals surface area contributed by atoms with Crippen LogP contribution in [-0.2, 0) is 6.42 Å². The topological polar surface area (TPSA) is 52.7 Å². The van der Waals surface area contributed by atoms with Crippen LogP contribution < -0.4 is 5.32 Å². The number of urea groups is 1. The van der Waals surface area contributed by atoms with Crippen molar-refractivity contribution < 1.29 is 14.0 Å². The van der Waals surface area contributed by atoms with Crippen molar-refractivity contribution >= 4 is 24.3 Å². The van der Waals surface area contributed by atoms with Crippen molar-refractivity contribution in [3.63, 3.8) is 0 Å². The summed E-state index contributed by atoms with van der Waals surface area (Å²) in [5, 5.41) is 2.79. The maximum atomic E-state index is 14.6. The van der Waals surface area contributed by atoms with Crippen LogP contribution in [0.3, 0.4) is 0 Å². The average molecular weight is 448 g/mol. The van der Waals surface area contributed by atoms with E-state index in [2.05, 4.69) is 5.32 Å². The average Bonchev–Trinajstić information content (AvgIpc) is 2.96. The van der Waals surface area contributed by atoms with Gasteiger partial charge >= 0.3 is 6.03 Å². The molecule has 0 fully saturated rings. The fourth-order valence-electron chi connectivity index (χ4n) is 4.10. The van der Waals surface area contributed by atoms with E-state index in [0.29, 0.717) is 50.3 Å². The molecule has 3 rings (SSSR count). The van der Waals surface area contributed by atoms with Gasteiger partial charge in [0, 0.05) is 44.2 Å². The summed E-state index contributed by atoms with van der Waals surface area (Å²) in [6.45, 7) is 8.61. The summed E-state index contributed by atoms with van der Waals surface area (Å²) in [7, 11) is 0. The van der Waals surface area contributed by atoms with Crippen molar-refractivity contribution in [3.05, 3.63) is 70.5 Å². The van der Waals surface area contributed by atoms with Crippen molar-refractivity contribution in [3.8, 4) is 0 Å². The molecule has 1 N–H and O–H groups in total. The molecule has 3 amide bonds. The first-order chi connectivity index (χ1) is 14.5. The molecule has 0 radical (unpaired) electrons. The van der Waals surface area contributed by atoms with Crippen LogP contribution >= 0.6 is 12.4 Å². The molecule has 0 saturated heterocycles. The van der Waals surface area contributed by atoms with Gasteiger partial charge in [0.1, 0.15) is 5.82 Å². The number of hydrogen-bond donors (Lipinski definition) is 1. The largest absolute Gasteiger partial charge is 0.352 e. The Balaban J connectivity index is 0.00000341. The van der Waals surface area contributed by atoms with Gasteiger partial charge in [-0.15, -0.1) is 12.4 Å². The summed E-state index contributed by atoms with van der Waals surface area (Å²) >= 11 is 0. The fraction of sp³-hybridized carbons (Fsp3) is 0.417. The highest BCUT2D eigenvalue weighted by atomic mass is 35.5. The molecular formula is C24H31ClFN3O2. The lowest BCUT2D eigenvalue weighted by atomic mass is 9.87. The zero-order valence-electron chi connectivity index (χ0n) is 18.4. The molecule has 1 unspecified atom stereocenters. The van der Waals surface area contributed by atoms with Gasteiger partial charge < -0.3 is 15.1 Å². The number of fused-ring (bicyclic) bond motifs is 1. The van der Waals surface area contributed by atoms with E-state index >= 15 is 0 Å². The van der Waals surface area contributed by atoms with Crippen LogP contribution in [0, 0.1) is 5.82 Å². The van der Waals surface area contributed by atoms with E-state index in [1.54, 1.807) is 23.1 Å². The lowest BCUT2D eigenvalue weighted by Crippen LogP contribution is -2.44. The monoisotopic (exact) mass is 447 g/mol. The first kappa shape index (κ1) is 24.7. The van der Waals surface area contributed by atoms with Crippen LogP contribution in [0.2, 0.25) is 0 Å². The second-order valence-electron chi connectivity index (χ2n) is 7.49. The minimum absolute atomic E-state index is 0. The van der Waals surface area contributed by atoms with Gasteiger partial charge in [-0.2, -0.15) is 0 Å². The van der Waals surface area contributed by atoms with Gasteiger partial charge in [0.05, 0.1) is 0 Å². The molecule has 0 spiro atoms. The molecule has 0 aromatic heterocycles. The van der Waals surface area contributed by atoms with Crippen molar-refractivity contribution in [2.45, 2.75) is 33.1 Å². The van der Waals surface area contributed by atoms with Gasteiger partial charge in [-0.05, 0) is 62.1 Å². The van der Waals surface area contributed by atoms with Crippen LogP contribution in [0.5, 0.6) is 0 Å². The van der Waals surface area contributed by atoms with Crippen molar-refractivity contribution in [2.24, 2.45) is 0 Å². The molecule has 1 heterocycles. The van der Waals surface area contributed by atoms with E-state index < -0.39 is 0 Å². The Bertz CT molecular complexity index is 900. The van der Waals surface area contributed by atoms with E-state index in [0.717, 1.165) is 11.1 Å². The molecule has 2 aromatic rings. The smallest absolute Gasteiger partial charge is 0.320 e. The Labute approximate surface area is 190 Å². The SMILES string of the molecule is CCNC(=O)c1ccc(C2CN(C(=O)N(CC)CC)CCc3c(F)cccc32)cc1.Cl. The summed E-state index contributed by atoms with van der Waals surface area (Å²) < 4.78 is 14.6. The third kappa shape index (κ3) is 5.37. The molecular weight excluding hydrogens is 417 g/mol. The van der Waals surface area contributed by atoms with Crippen LogP contribution in [0.25, 0.3) is 0 Å². The second-order valence-corrected chi connectivity index (χ2v) is 7.49. The minimum atomic E-state index is -0.228. The summed E-state index contributed by atoms with van der Waals surface area (Å²) in [6, 6.07) is 12.6. The van der Waals surface area contributed by atoms with E-state index in [-0.39, 0.29) is 36.1 Å². The third-order valence-corrected chi connectivity index (χ3v) is 5.78. The number of rotatable bonds is 5. The standard InChI is InChI=1S/C24H30FN3O2.ClH/c1-4-26-23(29)18-12-10-17(11-13-18)21-16-28(24(30)27(5-2)6-3)15-14-20-19(21)8-7-9-22(20)25;/h7-13,21H,4-6,14-16H2,1-3H3,(H,26,29);1H. The zero-order chi connectivity index (χ0) is 21.7. The van der Waals surface area contributed by atoms with Gasteiger partial charge in [-0.1, -0.05) is 24.3 Å². The van der Waals surface area contributed by atoms with E-state index in [9.17, 15) is 14.0 Å². The summed E-state index contributed by atoms with van der Waals surface area (Å²) in [4.78, 5) is 28.8. The van der Waals surface area contributed by atoms with Gasteiger partial charge in [-0.3, -0.25) is 4.79 Å². The Morgan fingerprint density at radius 2 is 1.77 bits per heavy atom. The number of hydrogen-bond acceptors (Lipinski definition) is 2. The lowest BCUT2D eigenvalue weighted by Gasteiger charge is -2.30. The van der Waals surface area contributed by atoms with E-state index in [1.807, 2.05) is 43.9 Å². The normalized spacial score (nSPS) is 15.4. The number of halogens is 2. The Hall–Kier alpha value is -2.60. The maximum absolute atomic E-state index is 14.6. The third-order valence-electron chi connectivity index (χ3n) is 5.78. The van der Waals surface area contributed by atoms with Gasteiger partial charge in [0.2, 0.25) is 0 Å². The van der Waals surface area contributed by atoms with E-state index in [1.165, 1.54) is 6.07 Å². The van der Waals surface area contributed by atoms with Crippen molar-refractivity contribution in [2.75, 3.05) is 32.7 Å². The van der Waals surface area contributed by atoms with Gasteiger partial charge in [-0.25, -0.2) is 9.18 Å². The number of carbonyl (C=O) groups excluding carboxylic acids is 2. The Kier molecular flexibility index (Phi) is 8.87. The van der Waals surface area contributed by atoms with Crippen LogP contribution in [0.1, 0.15) is 53.7 Å². The lowest BCUT2D eigenvalue weighted by molar-refractivity contribution is 0.0955. The highest BCUT2D eigenvalue weighted by molar-refractivity contribution is 5.94. The predicted octanol–water partition coefficient (Wildman–Crippen LogP) is 4.45. The van der Waals surface area contributed by atoms with Crippen LogP contribution in [0.4, 0.5) is 9.18 Å². The molecule has 0 bridgehead atoms. The molecule has 7 heteroatoms. The first-order valence-corrected chi connectivity index (χ1v) is 10.7. The minimum Gasteiger partial charge on any atom is -0.352 e. The summed E-state index contributed by atoms with van der Waals surface area (Å²) in [5.41, 5.74) is 3.14. The molecule has 2 aromatic carbocycles. The van der Waals surface area contributed by atoms with Gasteiger partial charge in [0.15, 0.2) is 0 Å². The molecule has 1 aliphatic rings. The molecule has 168 valence electrons. The molecule has 1 aliphatic heterocycles. The number of amides is 3. The predicted molar refractivity (Wildman–Crippen MR) is 124 cm³/mol. The molecule has 31 heavy (non-hydrogen) atoms. The fourth-order valence-corrected chi connectivity index (χ4v) is 4.10. The molecule has 0 saturated carbocycles. The van der Waals surface area contributed by atoms with E-state index in [4.69, 9.17) is 0 Å². The van der Waals surface area contributed by atoms with Crippen LogP contribution in [0.15, 0.2) is 42.5 Å². The summed E-state index contributed by atoms with van der Waals surface area (Å²) in [5.74, 6) is -0.496. The Morgan fingerprint density at radius 1 is 1.10 bits per heavy atom.